The van der Waals surface area contributed by atoms with Crippen molar-refractivity contribution in [1.29, 1.82) is 0 Å². The van der Waals surface area contributed by atoms with Gasteiger partial charge in [-0.2, -0.15) is 0 Å². The van der Waals surface area contributed by atoms with Crippen LogP contribution in [0.2, 0.25) is 5.02 Å². The minimum atomic E-state index is 0.568. The molecule has 2 rings (SSSR count). The monoisotopic (exact) mass is 240 g/mol. The maximum absolute atomic E-state index is 6.13. The average molecular weight is 241 g/mol. The van der Waals surface area contributed by atoms with Crippen molar-refractivity contribution in [2.75, 3.05) is 25.5 Å². The molecule has 0 saturated carbocycles. The van der Waals surface area contributed by atoms with Gasteiger partial charge in [-0.15, -0.1) is 0 Å². The number of anilines is 1. The summed E-state index contributed by atoms with van der Waals surface area (Å²) >= 11 is 6.13. The lowest BCUT2D eigenvalue weighted by Gasteiger charge is -2.14. The fourth-order valence-corrected chi connectivity index (χ4v) is 2.17. The Labute approximate surface area is 101 Å². The molecular formula is C12H17ClN2O. The van der Waals surface area contributed by atoms with Crippen molar-refractivity contribution in [3.63, 3.8) is 0 Å². The zero-order chi connectivity index (χ0) is 11.4. The molecule has 1 aromatic rings. The van der Waals surface area contributed by atoms with Gasteiger partial charge in [-0.05, 0) is 31.5 Å². The van der Waals surface area contributed by atoms with E-state index in [4.69, 9.17) is 16.3 Å². The Morgan fingerprint density at radius 2 is 2.44 bits per heavy atom. The Kier molecular flexibility index (Phi) is 3.91. The Balaban J connectivity index is 1.93. The van der Waals surface area contributed by atoms with Crippen molar-refractivity contribution >= 4 is 17.3 Å². The third-order valence-electron chi connectivity index (χ3n) is 2.88. The van der Waals surface area contributed by atoms with Crippen molar-refractivity contribution in [3.8, 4) is 5.75 Å². The molecule has 0 aliphatic carbocycles. The molecule has 0 aromatic heterocycles. The van der Waals surface area contributed by atoms with Gasteiger partial charge in [-0.1, -0.05) is 11.6 Å². The molecule has 1 heterocycles. The summed E-state index contributed by atoms with van der Waals surface area (Å²) in [5.74, 6) is 0.787. The Morgan fingerprint density at radius 1 is 1.56 bits per heavy atom. The van der Waals surface area contributed by atoms with Crippen LogP contribution >= 0.6 is 11.6 Å². The molecule has 1 atom stereocenters. The summed E-state index contributed by atoms with van der Waals surface area (Å²) in [5, 5.41) is 7.50. The van der Waals surface area contributed by atoms with E-state index in [1.807, 2.05) is 18.2 Å². The van der Waals surface area contributed by atoms with E-state index >= 15 is 0 Å². The zero-order valence-corrected chi connectivity index (χ0v) is 10.2. The predicted octanol–water partition coefficient (Wildman–Crippen LogP) is 2.51. The third kappa shape index (κ3) is 2.80. The summed E-state index contributed by atoms with van der Waals surface area (Å²) in [6, 6.07) is 6.26. The number of halogens is 1. The van der Waals surface area contributed by atoms with E-state index in [-0.39, 0.29) is 0 Å². The molecule has 0 spiro atoms. The van der Waals surface area contributed by atoms with Gasteiger partial charge in [0.05, 0.1) is 17.8 Å². The number of hydrogen-bond donors (Lipinski definition) is 2. The summed E-state index contributed by atoms with van der Waals surface area (Å²) in [7, 11) is 1.64. The Morgan fingerprint density at radius 3 is 3.06 bits per heavy atom. The molecule has 1 aliphatic rings. The van der Waals surface area contributed by atoms with Gasteiger partial charge in [0.1, 0.15) is 5.75 Å². The van der Waals surface area contributed by atoms with Gasteiger partial charge in [-0.3, -0.25) is 0 Å². The van der Waals surface area contributed by atoms with Gasteiger partial charge >= 0.3 is 0 Å². The second-order valence-corrected chi connectivity index (χ2v) is 4.43. The number of ether oxygens (including phenoxy) is 1. The van der Waals surface area contributed by atoms with Gasteiger partial charge in [0, 0.05) is 18.7 Å². The number of rotatable bonds is 4. The van der Waals surface area contributed by atoms with Gasteiger partial charge < -0.3 is 15.4 Å². The highest BCUT2D eigenvalue weighted by atomic mass is 35.5. The van der Waals surface area contributed by atoms with Crippen LogP contribution in [0.5, 0.6) is 5.75 Å². The van der Waals surface area contributed by atoms with Gasteiger partial charge in [0.2, 0.25) is 0 Å². The molecule has 1 saturated heterocycles. The first-order valence-corrected chi connectivity index (χ1v) is 5.98. The fourth-order valence-electron chi connectivity index (χ4n) is 1.93. The van der Waals surface area contributed by atoms with Crippen LogP contribution in [-0.4, -0.2) is 26.2 Å². The van der Waals surface area contributed by atoms with Crippen molar-refractivity contribution in [2.24, 2.45) is 0 Å². The highest BCUT2D eigenvalue weighted by molar-refractivity contribution is 6.33. The molecule has 1 aliphatic heterocycles. The largest absolute Gasteiger partial charge is 0.497 e. The molecule has 1 fully saturated rings. The van der Waals surface area contributed by atoms with E-state index in [0.29, 0.717) is 11.1 Å². The van der Waals surface area contributed by atoms with Crippen LogP contribution < -0.4 is 15.4 Å². The second-order valence-electron chi connectivity index (χ2n) is 4.02. The molecule has 0 radical (unpaired) electrons. The van der Waals surface area contributed by atoms with Crippen LogP contribution in [0, 0.1) is 0 Å². The summed E-state index contributed by atoms with van der Waals surface area (Å²) in [6.45, 7) is 2.05. The average Bonchev–Trinajstić information content (AvgIpc) is 2.80. The SMILES string of the molecule is COc1ccc(NCC2CCCN2)c(Cl)c1. The second kappa shape index (κ2) is 5.41. The van der Waals surface area contributed by atoms with Crippen LogP contribution in [0.15, 0.2) is 18.2 Å². The van der Waals surface area contributed by atoms with Crippen LogP contribution in [-0.2, 0) is 0 Å². The lowest BCUT2D eigenvalue weighted by Crippen LogP contribution is -2.29. The first-order chi connectivity index (χ1) is 7.79. The molecule has 2 N–H and O–H groups in total. The quantitative estimate of drug-likeness (QED) is 0.849. The maximum atomic E-state index is 6.13. The highest BCUT2D eigenvalue weighted by Crippen LogP contribution is 2.26. The lowest BCUT2D eigenvalue weighted by atomic mass is 10.2. The van der Waals surface area contributed by atoms with Crippen molar-refractivity contribution < 1.29 is 4.74 Å². The fraction of sp³-hybridized carbons (Fsp3) is 0.500. The van der Waals surface area contributed by atoms with Crippen LogP contribution in [0.3, 0.4) is 0 Å². The minimum absolute atomic E-state index is 0.568. The van der Waals surface area contributed by atoms with E-state index < -0.39 is 0 Å². The number of hydrogen-bond acceptors (Lipinski definition) is 3. The number of methoxy groups -OCH3 is 1. The first-order valence-electron chi connectivity index (χ1n) is 5.60. The standard InChI is InChI=1S/C12H17ClN2O/c1-16-10-4-5-12(11(13)7-10)15-8-9-3-2-6-14-9/h4-5,7,9,14-15H,2-3,6,8H2,1H3. The van der Waals surface area contributed by atoms with Gasteiger partial charge in [0.25, 0.3) is 0 Å². The molecule has 0 bridgehead atoms. The minimum Gasteiger partial charge on any atom is -0.497 e. The summed E-state index contributed by atoms with van der Waals surface area (Å²) < 4.78 is 5.10. The highest BCUT2D eigenvalue weighted by Gasteiger charge is 2.13. The van der Waals surface area contributed by atoms with Gasteiger partial charge in [-0.25, -0.2) is 0 Å². The smallest absolute Gasteiger partial charge is 0.120 e. The summed E-state index contributed by atoms with van der Waals surface area (Å²) in [5.41, 5.74) is 0.969. The zero-order valence-electron chi connectivity index (χ0n) is 9.42. The summed E-state index contributed by atoms with van der Waals surface area (Å²) in [6.07, 6.45) is 2.50. The lowest BCUT2D eigenvalue weighted by molar-refractivity contribution is 0.415. The third-order valence-corrected chi connectivity index (χ3v) is 3.19. The molecule has 4 heteroatoms. The van der Waals surface area contributed by atoms with E-state index in [9.17, 15) is 0 Å². The Bertz CT molecular complexity index is 351. The molecular weight excluding hydrogens is 224 g/mol. The van der Waals surface area contributed by atoms with Gasteiger partial charge in [0.15, 0.2) is 0 Å². The van der Waals surface area contributed by atoms with Crippen LogP contribution in [0.4, 0.5) is 5.69 Å². The molecule has 16 heavy (non-hydrogen) atoms. The number of benzene rings is 1. The Hall–Kier alpha value is -0.930. The van der Waals surface area contributed by atoms with Crippen molar-refractivity contribution in [3.05, 3.63) is 23.2 Å². The molecule has 3 nitrogen and oxygen atoms in total. The van der Waals surface area contributed by atoms with Crippen molar-refractivity contribution in [2.45, 2.75) is 18.9 Å². The normalized spacial score (nSPS) is 19.8. The van der Waals surface area contributed by atoms with E-state index in [0.717, 1.165) is 24.5 Å². The molecule has 1 unspecified atom stereocenters. The van der Waals surface area contributed by atoms with Crippen LogP contribution in [0.1, 0.15) is 12.8 Å². The number of nitrogens with one attached hydrogen (secondary N) is 2. The first kappa shape index (κ1) is 11.6. The van der Waals surface area contributed by atoms with Crippen LogP contribution in [0.25, 0.3) is 0 Å². The van der Waals surface area contributed by atoms with E-state index in [1.165, 1.54) is 12.8 Å². The maximum Gasteiger partial charge on any atom is 0.120 e. The molecule has 88 valence electrons. The summed E-state index contributed by atoms with van der Waals surface area (Å²) in [4.78, 5) is 0. The molecule has 1 aromatic carbocycles. The molecule has 0 amide bonds. The predicted molar refractivity (Wildman–Crippen MR) is 67.5 cm³/mol. The van der Waals surface area contributed by atoms with Crippen molar-refractivity contribution in [1.82, 2.24) is 5.32 Å². The van der Waals surface area contributed by atoms with E-state index in [1.54, 1.807) is 7.11 Å². The topological polar surface area (TPSA) is 33.3 Å². The van der Waals surface area contributed by atoms with E-state index in [2.05, 4.69) is 10.6 Å².